The van der Waals surface area contributed by atoms with Gasteiger partial charge in [-0.3, -0.25) is 4.99 Å². The minimum Gasteiger partial charge on any atom is -0.405 e. The lowest BCUT2D eigenvalue weighted by atomic mass is 10.1. The summed E-state index contributed by atoms with van der Waals surface area (Å²) in [4.78, 5) is 4.48. The molecule has 1 aliphatic rings. The second-order valence-electron chi connectivity index (χ2n) is 5.99. The molecule has 2 atom stereocenters. The van der Waals surface area contributed by atoms with E-state index in [1.807, 2.05) is 13.8 Å². The number of aliphatic imine (C=N–C) groups is 1. The average Bonchev–Trinajstić information content (AvgIpc) is 3.33. The monoisotopic (exact) mass is 501 g/mol. The maximum atomic E-state index is 12.6. The van der Waals surface area contributed by atoms with Gasteiger partial charge in [0.1, 0.15) is 5.75 Å². The highest BCUT2D eigenvalue weighted by molar-refractivity contribution is 14.0. The van der Waals surface area contributed by atoms with Crippen molar-refractivity contribution in [3.8, 4) is 5.75 Å². The maximum absolute atomic E-state index is 12.6. The molecule has 1 aliphatic carbocycles. The van der Waals surface area contributed by atoms with Crippen molar-refractivity contribution in [2.24, 2.45) is 4.99 Å². The lowest BCUT2D eigenvalue weighted by Gasteiger charge is -2.14. The molecule has 154 valence electrons. The van der Waals surface area contributed by atoms with Gasteiger partial charge >= 0.3 is 6.36 Å². The average molecular weight is 501 g/mol. The third kappa shape index (κ3) is 8.54. The molecule has 0 aliphatic heterocycles. The first-order valence-electron chi connectivity index (χ1n) is 8.91. The standard InChI is InChI=1S/C18H26F3N3O2.HI/c1-3-22-17(23-10-7-11-25-4-2)24-15-12-14(15)13-8-5-6-9-16(13)26-18(19,20)21;/h5-6,8-9,14-15H,3-4,7,10-12H2,1-2H3,(H2,22,23,24);1H. The van der Waals surface area contributed by atoms with Gasteiger partial charge in [0, 0.05) is 38.3 Å². The van der Waals surface area contributed by atoms with Crippen LogP contribution in [0.1, 0.15) is 38.2 Å². The molecule has 2 N–H and O–H groups in total. The number of hydrogen-bond acceptors (Lipinski definition) is 3. The third-order valence-electron chi connectivity index (χ3n) is 3.92. The summed E-state index contributed by atoms with van der Waals surface area (Å²) in [7, 11) is 0. The molecule has 0 radical (unpaired) electrons. The first kappa shape index (κ1) is 23.8. The molecule has 27 heavy (non-hydrogen) atoms. The summed E-state index contributed by atoms with van der Waals surface area (Å²) in [6, 6.07) is 6.34. The van der Waals surface area contributed by atoms with Crippen LogP contribution in [0.5, 0.6) is 5.75 Å². The quantitative estimate of drug-likeness (QED) is 0.232. The van der Waals surface area contributed by atoms with Gasteiger partial charge < -0.3 is 20.1 Å². The van der Waals surface area contributed by atoms with Crippen molar-refractivity contribution in [3.63, 3.8) is 0 Å². The van der Waals surface area contributed by atoms with E-state index in [0.717, 1.165) is 12.8 Å². The van der Waals surface area contributed by atoms with Gasteiger partial charge in [0.05, 0.1) is 0 Å². The molecule has 2 unspecified atom stereocenters. The molecule has 0 amide bonds. The van der Waals surface area contributed by atoms with Crippen molar-refractivity contribution in [2.45, 2.75) is 45.0 Å². The predicted octanol–water partition coefficient (Wildman–Crippen LogP) is 4.04. The van der Waals surface area contributed by atoms with Crippen LogP contribution in [0.15, 0.2) is 29.3 Å². The first-order valence-corrected chi connectivity index (χ1v) is 8.91. The van der Waals surface area contributed by atoms with Gasteiger partial charge in [0.2, 0.25) is 0 Å². The van der Waals surface area contributed by atoms with Crippen LogP contribution in [0.4, 0.5) is 13.2 Å². The van der Waals surface area contributed by atoms with Crippen molar-refractivity contribution in [2.75, 3.05) is 26.3 Å². The number of nitrogens with one attached hydrogen (secondary N) is 2. The number of rotatable bonds is 9. The first-order chi connectivity index (χ1) is 12.4. The smallest absolute Gasteiger partial charge is 0.405 e. The van der Waals surface area contributed by atoms with Crippen LogP contribution in [0, 0.1) is 0 Å². The highest BCUT2D eigenvalue weighted by Crippen LogP contribution is 2.45. The van der Waals surface area contributed by atoms with Gasteiger partial charge in [-0.2, -0.15) is 0 Å². The summed E-state index contributed by atoms with van der Waals surface area (Å²) in [5.74, 6) is 0.513. The van der Waals surface area contributed by atoms with Crippen molar-refractivity contribution in [3.05, 3.63) is 29.8 Å². The fourth-order valence-electron chi connectivity index (χ4n) is 2.70. The number of alkyl halides is 3. The van der Waals surface area contributed by atoms with E-state index in [0.29, 0.717) is 37.8 Å². The molecule has 9 heteroatoms. The molecule has 0 saturated heterocycles. The number of nitrogens with zero attached hydrogens (tertiary/aromatic N) is 1. The summed E-state index contributed by atoms with van der Waals surface area (Å²) >= 11 is 0. The van der Waals surface area contributed by atoms with E-state index in [1.165, 1.54) is 6.07 Å². The predicted molar refractivity (Wildman–Crippen MR) is 110 cm³/mol. The zero-order valence-corrected chi connectivity index (χ0v) is 17.8. The van der Waals surface area contributed by atoms with E-state index in [-0.39, 0.29) is 41.7 Å². The SMILES string of the molecule is CCNC(=NCCCOCC)NC1CC1c1ccccc1OC(F)(F)F.I. The zero-order chi connectivity index (χ0) is 19.0. The van der Waals surface area contributed by atoms with Crippen LogP contribution in [-0.4, -0.2) is 44.7 Å². The van der Waals surface area contributed by atoms with Crippen LogP contribution in [-0.2, 0) is 4.74 Å². The number of halogens is 4. The van der Waals surface area contributed by atoms with Gasteiger partial charge in [-0.15, -0.1) is 37.1 Å². The minimum atomic E-state index is -4.69. The van der Waals surface area contributed by atoms with E-state index < -0.39 is 6.36 Å². The molecule has 0 spiro atoms. The molecule has 2 rings (SSSR count). The van der Waals surface area contributed by atoms with Crippen LogP contribution < -0.4 is 15.4 Å². The Morgan fingerprint density at radius 1 is 1.26 bits per heavy atom. The van der Waals surface area contributed by atoms with Crippen molar-refractivity contribution < 1.29 is 22.6 Å². The number of para-hydroxylation sites is 1. The largest absolute Gasteiger partial charge is 0.573 e. The highest BCUT2D eigenvalue weighted by atomic mass is 127. The number of ether oxygens (including phenoxy) is 2. The van der Waals surface area contributed by atoms with E-state index >= 15 is 0 Å². The fourth-order valence-corrected chi connectivity index (χ4v) is 2.70. The number of benzene rings is 1. The maximum Gasteiger partial charge on any atom is 0.573 e. The highest BCUT2D eigenvalue weighted by Gasteiger charge is 2.42. The van der Waals surface area contributed by atoms with E-state index in [2.05, 4.69) is 20.4 Å². The molecule has 5 nitrogen and oxygen atoms in total. The minimum absolute atomic E-state index is 0. The Kier molecular flexibility index (Phi) is 10.2. The van der Waals surface area contributed by atoms with Gasteiger partial charge in [-0.05, 0) is 38.3 Å². The Morgan fingerprint density at radius 2 is 2.00 bits per heavy atom. The van der Waals surface area contributed by atoms with Gasteiger partial charge in [-0.1, -0.05) is 18.2 Å². The van der Waals surface area contributed by atoms with Crippen molar-refractivity contribution in [1.29, 1.82) is 0 Å². The van der Waals surface area contributed by atoms with E-state index in [9.17, 15) is 13.2 Å². The third-order valence-corrected chi connectivity index (χ3v) is 3.92. The van der Waals surface area contributed by atoms with Crippen molar-refractivity contribution >= 4 is 29.9 Å². The van der Waals surface area contributed by atoms with Crippen LogP contribution in [0.25, 0.3) is 0 Å². The molecular weight excluding hydrogens is 474 g/mol. The van der Waals surface area contributed by atoms with E-state index in [1.54, 1.807) is 18.2 Å². The van der Waals surface area contributed by atoms with Crippen LogP contribution in [0.2, 0.25) is 0 Å². The van der Waals surface area contributed by atoms with Gasteiger partial charge in [0.25, 0.3) is 0 Å². The molecule has 1 aromatic rings. The Hall–Kier alpha value is -1.23. The second-order valence-corrected chi connectivity index (χ2v) is 5.99. The van der Waals surface area contributed by atoms with Crippen LogP contribution in [0.3, 0.4) is 0 Å². The Bertz CT molecular complexity index is 599. The summed E-state index contributed by atoms with van der Waals surface area (Å²) in [5, 5.41) is 6.44. The Labute approximate surface area is 175 Å². The fraction of sp³-hybridized carbons (Fsp3) is 0.611. The molecule has 1 saturated carbocycles. The Morgan fingerprint density at radius 3 is 2.67 bits per heavy atom. The lowest BCUT2D eigenvalue weighted by Crippen LogP contribution is -2.39. The summed E-state index contributed by atoms with van der Waals surface area (Å²) in [6.07, 6.45) is -3.13. The summed E-state index contributed by atoms with van der Waals surface area (Å²) < 4.78 is 47.1. The topological polar surface area (TPSA) is 54.9 Å². The Balaban J connectivity index is 0.00000364. The van der Waals surface area contributed by atoms with Crippen molar-refractivity contribution in [1.82, 2.24) is 10.6 Å². The van der Waals surface area contributed by atoms with Gasteiger partial charge in [0.15, 0.2) is 5.96 Å². The number of hydrogen-bond donors (Lipinski definition) is 2. The zero-order valence-electron chi connectivity index (χ0n) is 15.5. The molecule has 0 heterocycles. The molecule has 0 bridgehead atoms. The molecular formula is C18H27F3IN3O2. The van der Waals surface area contributed by atoms with E-state index in [4.69, 9.17) is 4.74 Å². The lowest BCUT2D eigenvalue weighted by molar-refractivity contribution is -0.274. The normalized spacial score (nSPS) is 19.2. The summed E-state index contributed by atoms with van der Waals surface area (Å²) in [6.45, 7) is 6.60. The second kappa shape index (κ2) is 11.6. The van der Waals surface area contributed by atoms with Crippen LogP contribution >= 0.6 is 24.0 Å². The molecule has 0 aromatic heterocycles. The number of guanidine groups is 1. The van der Waals surface area contributed by atoms with Gasteiger partial charge in [-0.25, -0.2) is 0 Å². The molecule has 1 fully saturated rings. The summed E-state index contributed by atoms with van der Waals surface area (Å²) in [5.41, 5.74) is 0.564. The molecule has 1 aromatic carbocycles.